The van der Waals surface area contributed by atoms with E-state index in [9.17, 15) is 9.18 Å². The number of anilines is 2. The predicted octanol–water partition coefficient (Wildman–Crippen LogP) is 7.46. The summed E-state index contributed by atoms with van der Waals surface area (Å²) in [5.74, 6) is 0.364. The van der Waals surface area contributed by atoms with Gasteiger partial charge in [0.15, 0.2) is 0 Å². The minimum atomic E-state index is -0.285. The number of urea groups is 1. The van der Waals surface area contributed by atoms with E-state index >= 15 is 0 Å². The van der Waals surface area contributed by atoms with Crippen LogP contribution in [0.4, 0.5) is 20.6 Å². The Balaban J connectivity index is 2.23. The van der Waals surface area contributed by atoms with Crippen LogP contribution >= 0.6 is 0 Å². The van der Waals surface area contributed by atoms with E-state index in [4.69, 9.17) is 5.41 Å². The lowest BCUT2D eigenvalue weighted by Crippen LogP contribution is -2.49. The first kappa shape index (κ1) is 28.3. The number of carbonyl (C=O) groups is 1. The molecular weight excluding hydrogens is 439 g/mol. The van der Waals surface area contributed by atoms with E-state index in [1.807, 2.05) is 13.0 Å². The number of amides is 2. The second-order valence-corrected chi connectivity index (χ2v) is 11.7. The molecule has 0 aliphatic heterocycles. The topological polar surface area (TPSA) is 77.0 Å². The summed E-state index contributed by atoms with van der Waals surface area (Å²) < 4.78 is 13.3. The lowest BCUT2D eigenvalue weighted by atomic mass is 9.71. The van der Waals surface area contributed by atoms with E-state index in [0.717, 1.165) is 28.9 Å². The van der Waals surface area contributed by atoms with Crippen molar-refractivity contribution in [3.63, 3.8) is 0 Å². The zero-order chi connectivity index (χ0) is 26.4. The Bertz CT molecular complexity index is 993. The molecule has 35 heavy (non-hydrogen) atoms. The number of hydrogen-bond donors (Lipinski definition) is 4. The Morgan fingerprint density at radius 2 is 1.66 bits per heavy atom. The first-order valence-corrected chi connectivity index (χ1v) is 12.4. The molecule has 0 fully saturated rings. The van der Waals surface area contributed by atoms with Gasteiger partial charge in [-0.25, -0.2) is 9.18 Å². The molecule has 2 aromatic carbocycles. The van der Waals surface area contributed by atoms with Crippen molar-refractivity contribution in [3.05, 3.63) is 59.4 Å². The molecule has 192 valence electrons. The van der Waals surface area contributed by atoms with Gasteiger partial charge in [-0.3, -0.25) is 0 Å². The van der Waals surface area contributed by atoms with Crippen molar-refractivity contribution < 1.29 is 9.18 Å². The average molecular weight is 483 g/mol. The smallest absolute Gasteiger partial charge is 0.315 e. The van der Waals surface area contributed by atoms with E-state index in [1.165, 1.54) is 18.3 Å². The maximum absolute atomic E-state index is 13.3. The van der Waals surface area contributed by atoms with Gasteiger partial charge < -0.3 is 21.4 Å². The predicted molar refractivity (Wildman–Crippen MR) is 145 cm³/mol. The van der Waals surface area contributed by atoms with Crippen molar-refractivity contribution in [1.29, 1.82) is 5.41 Å². The number of nitrogens with one attached hydrogen (secondary N) is 4. The Labute approximate surface area is 210 Å². The number of hydrogen-bond acceptors (Lipinski definition) is 3. The largest absolute Gasteiger partial charge is 0.355 e. The van der Waals surface area contributed by atoms with Crippen molar-refractivity contribution in [1.82, 2.24) is 10.6 Å². The van der Waals surface area contributed by atoms with Crippen LogP contribution < -0.4 is 16.0 Å². The fourth-order valence-corrected chi connectivity index (χ4v) is 3.99. The molecule has 0 bridgehead atoms. The second-order valence-electron chi connectivity index (χ2n) is 11.7. The van der Waals surface area contributed by atoms with Gasteiger partial charge in [0.2, 0.25) is 0 Å². The third kappa shape index (κ3) is 8.37. The Morgan fingerprint density at radius 1 is 1.03 bits per heavy atom. The molecule has 0 heterocycles. The average Bonchev–Trinajstić information content (AvgIpc) is 2.77. The second kappa shape index (κ2) is 11.7. The summed E-state index contributed by atoms with van der Waals surface area (Å²) in [6.45, 7) is 17.6. The van der Waals surface area contributed by atoms with Gasteiger partial charge in [0.05, 0.1) is 0 Å². The summed E-state index contributed by atoms with van der Waals surface area (Å²) in [6.07, 6.45) is 2.30. The lowest BCUT2D eigenvalue weighted by Gasteiger charge is -2.37. The van der Waals surface area contributed by atoms with Crippen LogP contribution in [0.3, 0.4) is 0 Å². The molecule has 0 spiro atoms. The maximum Gasteiger partial charge on any atom is 0.315 e. The maximum atomic E-state index is 13.3. The fourth-order valence-electron chi connectivity index (χ4n) is 3.99. The highest BCUT2D eigenvalue weighted by molar-refractivity contribution is 5.87. The van der Waals surface area contributed by atoms with Crippen molar-refractivity contribution in [2.45, 2.75) is 73.8 Å². The molecule has 4 N–H and O–H groups in total. The molecule has 2 atom stereocenters. The third-order valence-electron chi connectivity index (χ3n) is 6.76. The highest BCUT2D eigenvalue weighted by Gasteiger charge is 2.32. The molecule has 5 nitrogen and oxygen atoms in total. The van der Waals surface area contributed by atoms with Gasteiger partial charge in [-0.1, -0.05) is 54.5 Å². The molecule has 0 radical (unpaired) electrons. The van der Waals surface area contributed by atoms with Crippen LogP contribution in [-0.4, -0.2) is 24.8 Å². The minimum absolute atomic E-state index is 0.0140. The van der Waals surface area contributed by atoms with Crippen molar-refractivity contribution >= 4 is 23.6 Å². The van der Waals surface area contributed by atoms with Crippen LogP contribution in [0, 0.1) is 28.0 Å². The fraction of sp³-hybridized carbons (Fsp3) is 0.517. The minimum Gasteiger partial charge on any atom is -0.355 e. The first-order valence-electron chi connectivity index (χ1n) is 12.4. The Hall–Kier alpha value is -2.89. The molecule has 0 aliphatic rings. The molecule has 0 saturated carbocycles. The summed E-state index contributed by atoms with van der Waals surface area (Å²) in [6, 6.07) is 12.2. The van der Waals surface area contributed by atoms with Gasteiger partial charge >= 0.3 is 6.03 Å². The van der Waals surface area contributed by atoms with Crippen molar-refractivity contribution in [3.8, 4) is 0 Å². The van der Waals surface area contributed by atoms with Gasteiger partial charge in [-0.05, 0) is 78.0 Å². The zero-order valence-electron chi connectivity index (χ0n) is 22.6. The number of benzene rings is 2. The number of carbonyl (C=O) groups excluding carboxylic acids is 1. The van der Waals surface area contributed by atoms with Crippen LogP contribution in [-0.2, 0) is 0 Å². The van der Waals surface area contributed by atoms with Gasteiger partial charge in [-0.15, -0.1) is 0 Å². The van der Waals surface area contributed by atoms with Gasteiger partial charge in [0.1, 0.15) is 5.82 Å². The summed E-state index contributed by atoms with van der Waals surface area (Å²) in [7, 11) is 0. The number of rotatable bonds is 10. The van der Waals surface area contributed by atoms with Crippen LogP contribution in [0.2, 0.25) is 0 Å². The van der Waals surface area contributed by atoms with E-state index in [0.29, 0.717) is 12.5 Å². The highest BCUT2D eigenvalue weighted by atomic mass is 19.1. The SMILES string of the molecule is CC(C)CC(c1ccc(Nc2ccc(F)cc2)c(C=N)c1)C(C)(C)CNC(=O)N[C@@H](C)C(C)(C)C. The van der Waals surface area contributed by atoms with Gasteiger partial charge in [-0.2, -0.15) is 0 Å². The molecule has 1 unspecified atom stereocenters. The van der Waals surface area contributed by atoms with E-state index in [1.54, 1.807) is 12.1 Å². The van der Waals surface area contributed by atoms with Crippen LogP contribution in [0.25, 0.3) is 0 Å². The van der Waals surface area contributed by atoms with E-state index in [-0.39, 0.29) is 34.6 Å². The monoisotopic (exact) mass is 482 g/mol. The van der Waals surface area contributed by atoms with Crippen LogP contribution in [0.15, 0.2) is 42.5 Å². The summed E-state index contributed by atoms with van der Waals surface area (Å²) in [5, 5.41) is 17.4. The molecule has 6 heteroatoms. The zero-order valence-corrected chi connectivity index (χ0v) is 22.6. The van der Waals surface area contributed by atoms with Crippen molar-refractivity contribution in [2.24, 2.45) is 16.7 Å². The van der Waals surface area contributed by atoms with E-state index in [2.05, 4.69) is 76.5 Å². The van der Waals surface area contributed by atoms with Crippen LogP contribution in [0.5, 0.6) is 0 Å². The Kier molecular flexibility index (Phi) is 9.47. The molecule has 2 aromatic rings. The summed E-state index contributed by atoms with van der Waals surface area (Å²) >= 11 is 0. The summed E-state index contributed by atoms with van der Waals surface area (Å²) in [4.78, 5) is 12.6. The molecule has 0 aromatic heterocycles. The van der Waals surface area contributed by atoms with Crippen LogP contribution in [0.1, 0.15) is 78.9 Å². The Morgan fingerprint density at radius 3 is 2.20 bits per heavy atom. The number of halogens is 1. The quantitative estimate of drug-likeness (QED) is 0.265. The van der Waals surface area contributed by atoms with Gasteiger partial charge in [0.25, 0.3) is 0 Å². The van der Waals surface area contributed by atoms with Gasteiger partial charge in [0, 0.05) is 35.7 Å². The standard InChI is InChI=1S/C29H43FN4O/c1-19(2)15-25(29(7,8)18-32-27(35)33-20(3)28(4,5)6)21-9-14-26(22(16-21)17-31)34-24-12-10-23(30)11-13-24/h9-14,16-17,19-20,25,31,34H,15,18H2,1-8H3,(H2,32,33,35)/t20-,25?/m0/s1. The molecule has 0 saturated heterocycles. The molecular formula is C29H43FN4O. The summed E-state index contributed by atoms with van der Waals surface area (Å²) in [5.41, 5.74) is 3.24. The van der Waals surface area contributed by atoms with E-state index < -0.39 is 0 Å². The molecule has 2 amide bonds. The first-order chi connectivity index (χ1) is 16.2. The normalized spacial score (nSPS) is 13.8. The molecule has 2 rings (SSSR count). The lowest BCUT2D eigenvalue weighted by molar-refractivity contribution is 0.206. The highest BCUT2D eigenvalue weighted by Crippen LogP contribution is 2.41. The molecule has 0 aliphatic carbocycles. The van der Waals surface area contributed by atoms with Crippen molar-refractivity contribution in [2.75, 3.05) is 11.9 Å². The third-order valence-corrected chi connectivity index (χ3v) is 6.76.